The van der Waals surface area contributed by atoms with Crippen LogP contribution in [0.2, 0.25) is 0 Å². The summed E-state index contributed by atoms with van der Waals surface area (Å²) >= 11 is 0. The summed E-state index contributed by atoms with van der Waals surface area (Å²) in [5.74, 6) is -0.268. The summed E-state index contributed by atoms with van der Waals surface area (Å²) in [6.45, 7) is 7.99. The van der Waals surface area contributed by atoms with Gasteiger partial charge in [0.05, 0.1) is 6.10 Å². The number of pyridine rings is 1. The molecule has 5 heteroatoms. The number of fused-ring (bicyclic) bond motifs is 1. The summed E-state index contributed by atoms with van der Waals surface area (Å²) in [4.78, 5) is 8.89. The smallest absolute Gasteiger partial charge is 0.149 e. The molecule has 22 heavy (non-hydrogen) atoms. The Kier molecular flexibility index (Phi) is 4.27. The fourth-order valence-corrected chi connectivity index (χ4v) is 3.13. The molecule has 0 bridgehead atoms. The van der Waals surface area contributed by atoms with Gasteiger partial charge in [-0.2, -0.15) is 0 Å². The molecule has 0 radical (unpaired) electrons. The van der Waals surface area contributed by atoms with Gasteiger partial charge in [-0.15, -0.1) is 0 Å². The van der Waals surface area contributed by atoms with Crippen LogP contribution in [0.15, 0.2) is 24.3 Å². The van der Waals surface area contributed by atoms with Crippen LogP contribution in [0.1, 0.15) is 12.6 Å². The lowest BCUT2D eigenvalue weighted by atomic mass is 10.1. The van der Waals surface area contributed by atoms with Gasteiger partial charge >= 0.3 is 0 Å². The number of anilines is 1. The molecule has 3 rings (SSSR count). The molecule has 1 fully saturated rings. The Bertz CT molecular complexity index is 666. The third-order valence-corrected chi connectivity index (χ3v) is 4.13. The lowest BCUT2D eigenvalue weighted by Gasteiger charge is -2.37. The highest BCUT2D eigenvalue weighted by atomic mass is 19.1. The third kappa shape index (κ3) is 3.05. The average molecular weight is 303 g/mol. The molecule has 0 saturated carbocycles. The van der Waals surface area contributed by atoms with Crippen molar-refractivity contribution in [3.05, 3.63) is 35.8 Å². The molecule has 1 aliphatic heterocycles. The number of nitrogens with zero attached hydrogens (tertiary/aromatic N) is 3. The van der Waals surface area contributed by atoms with Gasteiger partial charge in [0, 0.05) is 49.5 Å². The molecule has 2 aromatic rings. The normalized spacial score (nSPS) is 17.9. The predicted octanol–water partition coefficient (Wildman–Crippen LogP) is 2.19. The molecule has 1 aromatic carbocycles. The highest BCUT2D eigenvalue weighted by Gasteiger charge is 2.20. The minimum absolute atomic E-state index is 0.268. The van der Waals surface area contributed by atoms with Crippen LogP contribution in [0.5, 0.6) is 0 Å². The van der Waals surface area contributed by atoms with Crippen LogP contribution in [0, 0.1) is 12.7 Å². The molecular weight excluding hydrogens is 281 g/mol. The van der Waals surface area contributed by atoms with Crippen LogP contribution >= 0.6 is 0 Å². The second kappa shape index (κ2) is 6.18. The third-order valence-electron chi connectivity index (χ3n) is 4.13. The quantitative estimate of drug-likeness (QED) is 0.943. The van der Waals surface area contributed by atoms with Crippen LogP contribution in [-0.2, 0) is 0 Å². The molecule has 2 heterocycles. The maximum atomic E-state index is 14.0. The number of β-amino-alcohol motifs (C(OH)–C–C–N with tert-alkyl or cyclic N) is 1. The van der Waals surface area contributed by atoms with Gasteiger partial charge in [0.2, 0.25) is 0 Å². The number of aliphatic hydroxyl groups is 1. The highest BCUT2D eigenvalue weighted by molar-refractivity contribution is 5.92. The molecule has 0 unspecified atom stereocenters. The fourth-order valence-electron chi connectivity index (χ4n) is 3.13. The van der Waals surface area contributed by atoms with Gasteiger partial charge in [0.15, 0.2) is 0 Å². The van der Waals surface area contributed by atoms with Crippen molar-refractivity contribution in [2.24, 2.45) is 0 Å². The van der Waals surface area contributed by atoms with E-state index >= 15 is 0 Å². The van der Waals surface area contributed by atoms with Crippen molar-refractivity contribution in [1.82, 2.24) is 9.88 Å². The van der Waals surface area contributed by atoms with E-state index in [9.17, 15) is 9.50 Å². The Morgan fingerprint density at radius 2 is 2.00 bits per heavy atom. The topological polar surface area (TPSA) is 39.6 Å². The van der Waals surface area contributed by atoms with Crippen molar-refractivity contribution in [1.29, 1.82) is 0 Å². The summed E-state index contributed by atoms with van der Waals surface area (Å²) in [5.41, 5.74) is 2.33. The number of aryl methyl sites for hydroxylation is 1. The maximum absolute atomic E-state index is 14.0. The Morgan fingerprint density at radius 3 is 2.68 bits per heavy atom. The molecular formula is C17H22FN3O. The summed E-state index contributed by atoms with van der Waals surface area (Å²) in [6.07, 6.45) is -0.301. The second-order valence-electron chi connectivity index (χ2n) is 6.06. The van der Waals surface area contributed by atoms with Gasteiger partial charge in [0.1, 0.15) is 11.3 Å². The maximum Gasteiger partial charge on any atom is 0.149 e. The zero-order valence-corrected chi connectivity index (χ0v) is 13.1. The van der Waals surface area contributed by atoms with Crippen LogP contribution in [0.3, 0.4) is 0 Å². The van der Waals surface area contributed by atoms with E-state index in [0.717, 1.165) is 42.9 Å². The van der Waals surface area contributed by atoms with Crippen LogP contribution in [0.25, 0.3) is 10.9 Å². The van der Waals surface area contributed by atoms with Gasteiger partial charge in [-0.3, -0.25) is 4.90 Å². The van der Waals surface area contributed by atoms with Gasteiger partial charge in [-0.25, -0.2) is 9.37 Å². The monoisotopic (exact) mass is 303 g/mol. The van der Waals surface area contributed by atoms with Crippen molar-refractivity contribution in [3.8, 4) is 0 Å². The van der Waals surface area contributed by atoms with Gasteiger partial charge in [-0.1, -0.05) is 12.1 Å². The van der Waals surface area contributed by atoms with Crippen molar-refractivity contribution in [2.75, 3.05) is 37.6 Å². The number of rotatable bonds is 3. The molecule has 118 valence electrons. The van der Waals surface area contributed by atoms with Crippen molar-refractivity contribution in [3.63, 3.8) is 0 Å². The Balaban J connectivity index is 1.87. The molecule has 4 nitrogen and oxygen atoms in total. The number of para-hydroxylation sites is 1. The number of piperazine rings is 1. The molecule has 0 aliphatic carbocycles. The summed E-state index contributed by atoms with van der Waals surface area (Å²) < 4.78 is 14.0. The standard InChI is InChI=1S/C17H22FN3O/c1-12-10-16(14-4-3-5-15(18)17(14)19-12)21-8-6-20(7-9-21)11-13(2)22/h3-5,10,13,22H,6-9,11H2,1-2H3/t13-/m1/s1. The molecule has 0 spiro atoms. The Labute approximate surface area is 130 Å². The number of aliphatic hydroxyl groups excluding tert-OH is 1. The first-order chi connectivity index (χ1) is 10.5. The summed E-state index contributed by atoms with van der Waals surface area (Å²) in [5, 5.41) is 10.4. The van der Waals surface area contributed by atoms with Crippen LogP contribution < -0.4 is 4.90 Å². The van der Waals surface area contributed by atoms with Crippen LogP contribution in [-0.4, -0.2) is 53.8 Å². The van der Waals surface area contributed by atoms with E-state index in [4.69, 9.17) is 0 Å². The van der Waals surface area contributed by atoms with Crippen molar-refractivity contribution in [2.45, 2.75) is 20.0 Å². The zero-order valence-electron chi connectivity index (χ0n) is 13.1. The lowest BCUT2D eigenvalue weighted by molar-refractivity contribution is 0.123. The Hall–Kier alpha value is -1.72. The van der Waals surface area contributed by atoms with Gasteiger partial charge in [-0.05, 0) is 26.0 Å². The number of hydrogen-bond donors (Lipinski definition) is 1. The van der Waals surface area contributed by atoms with Gasteiger partial charge < -0.3 is 10.0 Å². The Morgan fingerprint density at radius 1 is 1.27 bits per heavy atom. The van der Waals surface area contributed by atoms with E-state index in [1.807, 2.05) is 26.0 Å². The number of aromatic nitrogens is 1. The molecule has 1 aliphatic rings. The largest absolute Gasteiger partial charge is 0.392 e. The first kappa shape index (κ1) is 15.2. The minimum atomic E-state index is -0.301. The first-order valence-corrected chi connectivity index (χ1v) is 7.76. The van der Waals surface area contributed by atoms with E-state index in [1.54, 1.807) is 6.07 Å². The minimum Gasteiger partial charge on any atom is -0.392 e. The number of hydrogen-bond acceptors (Lipinski definition) is 4. The molecule has 1 N–H and O–H groups in total. The first-order valence-electron chi connectivity index (χ1n) is 7.76. The van der Waals surface area contributed by atoms with Crippen LogP contribution in [0.4, 0.5) is 10.1 Å². The summed E-state index contributed by atoms with van der Waals surface area (Å²) in [7, 11) is 0. The van der Waals surface area contributed by atoms with E-state index in [1.165, 1.54) is 6.07 Å². The molecule has 1 atom stereocenters. The van der Waals surface area contributed by atoms with E-state index in [0.29, 0.717) is 12.1 Å². The van der Waals surface area contributed by atoms with E-state index in [2.05, 4.69) is 14.8 Å². The zero-order chi connectivity index (χ0) is 15.7. The SMILES string of the molecule is Cc1cc(N2CCN(C[C@@H](C)O)CC2)c2cccc(F)c2n1. The summed E-state index contributed by atoms with van der Waals surface area (Å²) in [6, 6.07) is 7.16. The van der Waals surface area contributed by atoms with Crippen molar-refractivity contribution < 1.29 is 9.50 Å². The predicted molar refractivity (Wildman–Crippen MR) is 86.8 cm³/mol. The molecule has 0 amide bonds. The van der Waals surface area contributed by atoms with Gasteiger partial charge in [0.25, 0.3) is 0 Å². The average Bonchev–Trinajstić information content (AvgIpc) is 2.48. The molecule has 1 saturated heterocycles. The van der Waals surface area contributed by atoms with Crippen molar-refractivity contribution >= 4 is 16.6 Å². The van der Waals surface area contributed by atoms with E-state index in [-0.39, 0.29) is 11.9 Å². The highest BCUT2D eigenvalue weighted by Crippen LogP contribution is 2.29. The molecule has 1 aromatic heterocycles. The number of benzene rings is 1. The second-order valence-corrected chi connectivity index (χ2v) is 6.06. The fraction of sp³-hybridized carbons (Fsp3) is 0.471. The lowest BCUT2D eigenvalue weighted by Crippen LogP contribution is -2.48. The number of halogens is 1. The van der Waals surface area contributed by atoms with E-state index < -0.39 is 0 Å².